The number of nitro benzene ring substituents is 1. The summed E-state index contributed by atoms with van der Waals surface area (Å²) in [6.45, 7) is 2.97. The van der Waals surface area contributed by atoms with Gasteiger partial charge in [-0.05, 0) is 37.6 Å². The second kappa shape index (κ2) is 8.91. The van der Waals surface area contributed by atoms with Crippen LogP contribution in [0.1, 0.15) is 22.8 Å². The highest BCUT2D eigenvalue weighted by Gasteiger charge is 2.30. The lowest BCUT2D eigenvalue weighted by Gasteiger charge is -2.28. The Balaban J connectivity index is 2.40. The van der Waals surface area contributed by atoms with Crippen LogP contribution < -0.4 is 9.62 Å². The molecule has 0 fully saturated rings. The Morgan fingerprint density at radius 3 is 2.40 bits per heavy atom. The van der Waals surface area contributed by atoms with Gasteiger partial charge in [-0.3, -0.25) is 19.2 Å². The summed E-state index contributed by atoms with van der Waals surface area (Å²) >= 11 is 0. The minimum Gasteiger partial charge on any atom is -0.465 e. The third kappa shape index (κ3) is 4.92. The van der Waals surface area contributed by atoms with Gasteiger partial charge in [-0.1, -0.05) is 12.1 Å². The Labute approximate surface area is 173 Å². The van der Waals surface area contributed by atoms with Gasteiger partial charge in [-0.15, -0.1) is 0 Å². The summed E-state index contributed by atoms with van der Waals surface area (Å²) in [6, 6.07) is 8.40. The van der Waals surface area contributed by atoms with Crippen molar-refractivity contribution in [1.29, 1.82) is 0 Å². The van der Waals surface area contributed by atoms with Gasteiger partial charge >= 0.3 is 5.97 Å². The Bertz CT molecular complexity index is 1100. The van der Waals surface area contributed by atoms with Crippen LogP contribution in [-0.4, -0.2) is 44.6 Å². The maximum Gasteiger partial charge on any atom is 0.338 e. The molecule has 11 heteroatoms. The molecule has 0 aliphatic heterocycles. The number of anilines is 2. The molecule has 0 unspecified atom stereocenters. The number of carbonyl (C=O) groups is 2. The molecule has 2 rings (SSSR count). The predicted octanol–water partition coefficient (Wildman–Crippen LogP) is 2.48. The van der Waals surface area contributed by atoms with Crippen LogP contribution in [0.15, 0.2) is 42.5 Å². The lowest BCUT2D eigenvalue weighted by atomic mass is 10.1. The van der Waals surface area contributed by atoms with E-state index in [0.29, 0.717) is 11.3 Å². The van der Waals surface area contributed by atoms with Gasteiger partial charge in [-0.25, -0.2) is 13.2 Å². The van der Waals surface area contributed by atoms with Crippen LogP contribution in [0, 0.1) is 17.0 Å². The van der Waals surface area contributed by atoms with Crippen molar-refractivity contribution in [3.63, 3.8) is 0 Å². The molecule has 0 aromatic heterocycles. The molecular weight excluding hydrogens is 414 g/mol. The quantitative estimate of drug-likeness (QED) is 0.401. The zero-order valence-corrected chi connectivity index (χ0v) is 17.6. The summed E-state index contributed by atoms with van der Waals surface area (Å²) < 4.78 is 30.3. The van der Waals surface area contributed by atoms with Crippen LogP contribution in [0.3, 0.4) is 0 Å². The highest BCUT2D eigenvalue weighted by molar-refractivity contribution is 7.92. The van der Waals surface area contributed by atoms with Gasteiger partial charge in [0.15, 0.2) is 0 Å². The zero-order valence-electron chi connectivity index (χ0n) is 16.8. The fourth-order valence-electron chi connectivity index (χ4n) is 2.89. The monoisotopic (exact) mass is 435 g/mol. The second-order valence-electron chi connectivity index (χ2n) is 6.47. The SMILES string of the molecule is COC(=O)c1cccc(NC(=O)[C@H](C)N(c2cccc([N+](=O)[O-])c2)S(C)(=O)=O)c1C. The van der Waals surface area contributed by atoms with E-state index in [1.807, 2.05) is 0 Å². The highest BCUT2D eigenvalue weighted by Crippen LogP contribution is 2.26. The van der Waals surface area contributed by atoms with Crippen LogP contribution >= 0.6 is 0 Å². The number of benzene rings is 2. The summed E-state index contributed by atoms with van der Waals surface area (Å²) in [4.78, 5) is 35.1. The van der Waals surface area contributed by atoms with Crippen molar-refractivity contribution in [3.05, 3.63) is 63.7 Å². The van der Waals surface area contributed by atoms with E-state index in [9.17, 15) is 28.1 Å². The number of amides is 1. The number of rotatable bonds is 7. The van der Waals surface area contributed by atoms with Crippen molar-refractivity contribution in [2.75, 3.05) is 23.0 Å². The number of hydrogen-bond acceptors (Lipinski definition) is 7. The Morgan fingerprint density at radius 2 is 1.83 bits per heavy atom. The third-order valence-electron chi connectivity index (χ3n) is 4.38. The first-order valence-electron chi connectivity index (χ1n) is 8.70. The molecule has 1 N–H and O–H groups in total. The van der Waals surface area contributed by atoms with E-state index in [1.165, 1.54) is 38.3 Å². The Hall–Kier alpha value is -3.47. The molecule has 10 nitrogen and oxygen atoms in total. The summed E-state index contributed by atoms with van der Waals surface area (Å²) in [5.74, 6) is -1.26. The molecule has 0 aliphatic carbocycles. The van der Waals surface area contributed by atoms with Crippen LogP contribution in [-0.2, 0) is 19.6 Å². The number of methoxy groups -OCH3 is 1. The molecule has 1 amide bonds. The van der Waals surface area contributed by atoms with Gasteiger partial charge in [0.05, 0.1) is 29.5 Å². The Morgan fingerprint density at radius 1 is 1.20 bits per heavy atom. The number of non-ortho nitro benzene ring substituents is 1. The second-order valence-corrected chi connectivity index (χ2v) is 8.33. The first kappa shape index (κ1) is 22.8. The number of nitrogens with one attached hydrogen (secondary N) is 1. The van der Waals surface area contributed by atoms with E-state index >= 15 is 0 Å². The van der Waals surface area contributed by atoms with E-state index in [-0.39, 0.29) is 16.9 Å². The molecule has 0 heterocycles. The van der Waals surface area contributed by atoms with Gasteiger partial charge in [-0.2, -0.15) is 0 Å². The van der Waals surface area contributed by atoms with Crippen molar-refractivity contribution >= 4 is 39.0 Å². The van der Waals surface area contributed by atoms with Crippen molar-refractivity contribution < 1.29 is 27.7 Å². The van der Waals surface area contributed by atoms with Crippen LogP contribution in [0.25, 0.3) is 0 Å². The molecule has 0 saturated carbocycles. The van der Waals surface area contributed by atoms with Crippen molar-refractivity contribution in [2.45, 2.75) is 19.9 Å². The van der Waals surface area contributed by atoms with Gasteiger partial charge in [0.25, 0.3) is 5.69 Å². The third-order valence-corrected chi connectivity index (χ3v) is 5.62. The standard InChI is InChI=1S/C19H21N3O7S/c1-12-16(19(24)29-3)9-6-10-17(12)20-18(23)13(2)21(30(4,27)28)14-7-5-8-15(11-14)22(25)26/h5-11,13H,1-4H3,(H,20,23)/t13-/m0/s1. The average molecular weight is 435 g/mol. The molecule has 30 heavy (non-hydrogen) atoms. The molecule has 1 atom stereocenters. The van der Waals surface area contributed by atoms with E-state index < -0.39 is 32.9 Å². The number of sulfonamides is 1. The largest absolute Gasteiger partial charge is 0.465 e. The first-order chi connectivity index (χ1) is 14.0. The average Bonchev–Trinajstić information content (AvgIpc) is 2.68. The molecular formula is C19H21N3O7S. The van der Waals surface area contributed by atoms with Gasteiger partial charge < -0.3 is 10.1 Å². The smallest absolute Gasteiger partial charge is 0.338 e. The van der Waals surface area contributed by atoms with Crippen molar-refractivity contribution in [3.8, 4) is 0 Å². The predicted molar refractivity (Wildman–Crippen MR) is 111 cm³/mol. The number of nitro groups is 1. The lowest BCUT2D eigenvalue weighted by molar-refractivity contribution is -0.384. The zero-order chi connectivity index (χ0) is 22.6. The minimum atomic E-state index is -3.96. The van der Waals surface area contributed by atoms with Crippen molar-refractivity contribution in [2.24, 2.45) is 0 Å². The highest BCUT2D eigenvalue weighted by atomic mass is 32.2. The van der Waals surface area contributed by atoms with Crippen LogP contribution in [0.5, 0.6) is 0 Å². The number of ether oxygens (including phenoxy) is 1. The topological polar surface area (TPSA) is 136 Å². The molecule has 0 bridgehead atoms. The van der Waals surface area contributed by atoms with Crippen molar-refractivity contribution in [1.82, 2.24) is 0 Å². The number of hydrogen-bond donors (Lipinski definition) is 1. The van der Waals surface area contributed by atoms with Crippen LogP contribution in [0.2, 0.25) is 0 Å². The van der Waals surface area contributed by atoms with E-state index in [4.69, 9.17) is 4.74 Å². The summed E-state index contributed by atoms with van der Waals surface area (Å²) in [7, 11) is -2.72. The van der Waals surface area contributed by atoms with E-state index in [0.717, 1.165) is 16.6 Å². The molecule has 0 saturated heterocycles. The molecule has 160 valence electrons. The summed E-state index contributed by atoms with van der Waals surface area (Å²) in [5.41, 5.74) is 0.680. The first-order valence-corrected chi connectivity index (χ1v) is 10.5. The van der Waals surface area contributed by atoms with E-state index in [1.54, 1.807) is 19.1 Å². The summed E-state index contributed by atoms with van der Waals surface area (Å²) in [5, 5.41) is 13.6. The Kier molecular flexibility index (Phi) is 6.77. The maximum atomic E-state index is 12.8. The lowest BCUT2D eigenvalue weighted by Crippen LogP contribution is -2.45. The number of carbonyl (C=O) groups excluding carboxylic acids is 2. The molecule has 0 radical (unpaired) electrons. The van der Waals surface area contributed by atoms with E-state index in [2.05, 4.69) is 5.32 Å². The molecule has 0 spiro atoms. The minimum absolute atomic E-state index is 0.0191. The number of esters is 1. The maximum absolute atomic E-state index is 12.8. The fourth-order valence-corrected chi connectivity index (χ4v) is 4.06. The summed E-state index contributed by atoms with van der Waals surface area (Å²) in [6.07, 6.45) is 0.902. The molecule has 0 aliphatic rings. The number of nitrogens with zero attached hydrogens (tertiary/aromatic N) is 2. The molecule has 2 aromatic rings. The normalized spacial score (nSPS) is 12.0. The van der Waals surface area contributed by atoms with Gasteiger partial charge in [0.1, 0.15) is 6.04 Å². The molecule has 2 aromatic carbocycles. The van der Waals surface area contributed by atoms with Gasteiger partial charge in [0.2, 0.25) is 15.9 Å². The van der Waals surface area contributed by atoms with Crippen LogP contribution in [0.4, 0.5) is 17.1 Å². The van der Waals surface area contributed by atoms with Gasteiger partial charge in [0, 0.05) is 17.8 Å². The fraction of sp³-hybridized carbons (Fsp3) is 0.263.